The maximum absolute atomic E-state index is 12.5. The number of hydrogen-bond acceptors (Lipinski definition) is 2. The van der Waals surface area contributed by atoms with Crippen molar-refractivity contribution in [1.29, 1.82) is 0 Å². The van der Waals surface area contributed by atoms with Crippen molar-refractivity contribution in [2.24, 2.45) is 11.8 Å². The van der Waals surface area contributed by atoms with Gasteiger partial charge in [0, 0.05) is 20.1 Å². The molecule has 2 aromatic carbocycles. The van der Waals surface area contributed by atoms with E-state index < -0.39 is 0 Å². The zero-order valence-electron chi connectivity index (χ0n) is 14.7. The first kappa shape index (κ1) is 17.2. The first-order valence-electron chi connectivity index (χ1n) is 8.67. The first-order chi connectivity index (χ1) is 12.0. The molecule has 2 unspecified atom stereocenters. The second-order valence-electron chi connectivity index (χ2n) is 6.84. The van der Waals surface area contributed by atoms with Crippen molar-refractivity contribution in [3.63, 3.8) is 0 Å². The summed E-state index contributed by atoms with van der Waals surface area (Å²) in [6.07, 6.45) is 0.650. The highest BCUT2D eigenvalue weighted by Crippen LogP contribution is 2.40. The summed E-state index contributed by atoms with van der Waals surface area (Å²) in [5.74, 6) is -0.325. The molecular weight excluding hydrogens is 312 g/mol. The summed E-state index contributed by atoms with van der Waals surface area (Å²) in [6, 6.07) is 18.0. The number of amides is 2. The molecule has 0 spiro atoms. The second kappa shape index (κ2) is 7.51. The van der Waals surface area contributed by atoms with Gasteiger partial charge in [0.05, 0.1) is 11.8 Å². The quantitative estimate of drug-likeness (QED) is 0.882. The third kappa shape index (κ3) is 4.47. The number of rotatable bonds is 6. The van der Waals surface area contributed by atoms with E-state index in [-0.39, 0.29) is 23.7 Å². The van der Waals surface area contributed by atoms with Crippen LogP contribution in [-0.4, -0.2) is 23.8 Å². The van der Waals surface area contributed by atoms with Crippen molar-refractivity contribution in [3.8, 4) is 0 Å². The number of aryl methyl sites for hydroxylation is 1. The molecule has 25 heavy (non-hydrogen) atoms. The van der Waals surface area contributed by atoms with Gasteiger partial charge in [-0.05, 0) is 24.5 Å². The number of benzene rings is 2. The molecule has 1 fully saturated rings. The Morgan fingerprint density at radius 2 is 1.76 bits per heavy atom. The van der Waals surface area contributed by atoms with Gasteiger partial charge in [-0.1, -0.05) is 60.2 Å². The van der Waals surface area contributed by atoms with E-state index in [1.807, 2.05) is 55.5 Å². The SMILES string of the molecule is Cc1cccc(CNC(=O)C2CC2C(=O)N(C)Cc2ccccc2)c1. The van der Waals surface area contributed by atoms with Crippen LogP contribution < -0.4 is 5.32 Å². The molecule has 0 aliphatic heterocycles. The lowest BCUT2D eigenvalue weighted by Gasteiger charge is -2.17. The van der Waals surface area contributed by atoms with Gasteiger partial charge < -0.3 is 10.2 Å². The number of carbonyl (C=O) groups is 2. The molecule has 1 aliphatic carbocycles. The van der Waals surface area contributed by atoms with E-state index in [2.05, 4.69) is 11.4 Å². The van der Waals surface area contributed by atoms with Gasteiger partial charge in [0.25, 0.3) is 0 Å². The van der Waals surface area contributed by atoms with E-state index in [9.17, 15) is 9.59 Å². The molecule has 1 saturated carbocycles. The Hall–Kier alpha value is -2.62. The fraction of sp³-hybridized carbons (Fsp3) is 0.333. The monoisotopic (exact) mass is 336 g/mol. The van der Waals surface area contributed by atoms with E-state index in [0.717, 1.165) is 11.1 Å². The van der Waals surface area contributed by atoms with Crippen LogP contribution in [0, 0.1) is 18.8 Å². The highest BCUT2D eigenvalue weighted by atomic mass is 16.2. The zero-order chi connectivity index (χ0) is 17.8. The van der Waals surface area contributed by atoms with Crippen LogP contribution in [0.2, 0.25) is 0 Å². The summed E-state index contributed by atoms with van der Waals surface area (Å²) in [7, 11) is 1.80. The van der Waals surface area contributed by atoms with Gasteiger partial charge >= 0.3 is 0 Å². The molecule has 130 valence electrons. The standard InChI is InChI=1S/C21H24N2O2/c1-15-7-6-10-17(11-15)13-22-20(24)18-12-19(18)21(25)23(2)14-16-8-4-3-5-9-16/h3-11,18-19H,12-14H2,1-2H3,(H,22,24). The van der Waals surface area contributed by atoms with Crippen LogP contribution in [0.1, 0.15) is 23.1 Å². The van der Waals surface area contributed by atoms with Crippen LogP contribution in [0.4, 0.5) is 0 Å². The Morgan fingerprint density at radius 3 is 2.48 bits per heavy atom. The molecule has 3 rings (SSSR count). The molecule has 0 bridgehead atoms. The van der Waals surface area contributed by atoms with Crippen molar-refractivity contribution in [2.75, 3.05) is 7.05 Å². The number of nitrogens with zero attached hydrogens (tertiary/aromatic N) is 1. The first-order valence-corrected chi connectivity index (χ1v) is 8.67. The van der Waals surface area contributed by atoms with Gasteiger partial charge in [-0.25, -0.2) is 0 Å². The van der Waals surface area contributed by atoms with Gasteiger partial charge in [0.2, 0.25) is 11.8 Å². The van der Waals surface area contributed by atoms with Crippen molar-refractivity contribution in [3.05, 3.63) is 71.3 Å². The van der Waals surface area contributed by atoms with Crippen LogP contribution in [0.3, 0.4) is 0 Å². The van der Waals surface area contributed by atoms with E-state index in [0.29, 0.717) is 19.5 Å². The largest absolute Gasteiger partial charge is 0.352 e. The third-order valence-corrected chi connectivity index (χ3v) is 4.63. The normalized spacial score (nSPS) is 18.5. The summed E-state index contributed by atoms with van der Waals surface area (Å²) >= 11 is 0. The highest BCUT2D eigenvalue weighted by molar-refractivity contribution is 5.92. The molecule has 2 aromatic rings. The van der Waals surface area contributed by atoms with Crippen LogP contribution in [0.25, 0.3) is 0 Å². The summed E-state index contributed by atoms with van der Waals surface area (Å²) in [5.41, 5.74) is 3.35. The van der Waals surface area contributed by atoms with Gasteiger partial charge in [-0.15, -0.1) is 0 Å². The minimum Gasteiger partial charge on any atom is -0.352 e. The molecule has 0 aromatic heterocycles. The highest BCUT2D eigenvalue weighted by Gasteiger charge is 2.48. The zero-order valence-corrected chi connectivity index (χ0v) is 14.7. The molecular formula is C21H24N2O2. The van der Waals surface area contributed by atoms with Crippen LogP contribution in [0.5, 0.6) is 0 Å². The van der Waals surface area contributed by atoms with Crippen LogP contribution in [-0.2, 0) is 22.7 Å². The number of carbonyl (C=O) groups excluding carboxylic acids is 2. The lowest BCUT2D eigenvalue weighted by molar-refractivity contribution is -0.134. The Balaban J connectivity index is 1.48. The summed E-state index contributed by atoms with van der Waals surface area (Å²) in [6.45, 7) is 3.12. The van der Waals surface area contributed by atoms with E-state index in [1.165, 1.54) is 5.56 Å². The van der Waals surface area contributed by atoms with E-state index in [4.69, 9.17) is 0 Å². The molecule has 2 amide bonds. The molecule has 0 saturated heterocycles. The Bertz CT molecular complexity index is 758. The minimum atomic E-state index is -0.185. The average Bonchev–Trinajstić information content (AvgIpc) is 3.41. The topological polar surface area (TPSA) is 49.4 Å². The Labute approximate surface area is 148 Å². The smallest absolute Gasteiger partial charge is 0.226 e. The van der Waals surface area contributed by atoms with Crippen LogP contribution in [0.15, 0.2) is 54.6 Å². The molecule has 2 atom stereocenters. The maximum atomic E-state index is 12.5. The second-order valence-corrected chi connectivity index (χ2v) is 6.84. The van der Waals surface area contributed by atoms with E-state index >= 15 is 0 Å². The molecule has 1 aliphatic rings. The average molecular weight is 336 g/mol. The third-order valence-electron chi connectivity index (χ3n) is 4.63. The number of hydrogen-bond donors (Lipinski definition) is 1. The summed E-state index contributed by atoms with van der Waals surface area (Å²) in [4.78, 5) is 26.5. The van der Waals surface area contributed by atoms with Crippen LogP contribution >= 0.6 is 0 Å². The molecule has 4 nitrogen and oxygen atoms in total. The lowest BCUT2D eigenvalue weighted by atomic mass is 10.1. The predicted octanol–water partition coefficient (Wildman–Crippen LogP) is 2.91. The summed E-state index contributed by atoms with van der Waals surface area (Å²) in [5, 5.41) is 2.95. The van der Waals surface area contributed by atoms with Crippen molar-refractivity contribution in [2.45, 2.75) is 26.4 Å². The van der Waals surface area contributed by atoms with Gasteiger partial charge in [0.1, 0.15) is 0 Å². The lowest BCUT2D eigenvalue weighted by Crippen LogP contribution is -2.31. The van der Waals surface area contributed by atoms with Gasteiger partial charge in [0.15, 0.2) is 0 Å². The number of nitrogens with one attached hydrogen (secondary N) is 1. The summed E-state index contributed by atoms with van der Waals surface area (Å²) < 4.78 is 0. The fourth-order valence-corrected chi connectivity index (χ4v) is 3.12. The van der Waals surface area contributed by atoms with Crippen molar-refractivity contribution < 1.29 is 9.59 Å². The Kier molecular flexibility index (Phi) is 5.17. The maximum Gasteiger partial charge on any atom is 0.226 e. The fourth-order valence-electron chi connectivity index (χ4n) is 3.12. The van der Waals surface area contributed by atoms with Crippen molar-refractivity contribution >= 4 is 11.8 Å². The van der Waals surface area contributed by atoms with Crippen molar-refractivity contribution in [1.82, 2.24) is 10.2 Å². The molecule has 0 radical (unpaired) electrons. The predicted molar refractivity (Wildman–Crippen MR) is 97.5 cm³/mol. The van der Waals surface area contributed by atoms with E-state index in [1.54, 1.807) is 11.9 Å². The molecule has 0 heterocycles. The molecule has 4 heteroatoms. The van der Waals surface area contributed by atoms with Gasteiger partial charge in [-0.3, -0.25) is 9.59 Å². The minimum absolute atomic E-state index is 0.0204. The van der Waals surface area contributed by atoms with Gasteiger partial charge in [-0.2, -0.15) is 0 Å². The Morgan fingerprint density at radius 1 is 1.04 bits per heavy atom. The molecule has 1 N–H and O–H groups in total.